The summed E-state index contributed by atoms with van der Waals surface area (Å²) >= 11 is 3.44. The van der Waals surface area contributed by atoms with Crippen LogP contribution in [0.2, 0.25) is 0 Å². The van der Waals surface area contributed by atoms with E-state index in [2.05, 4.69) is 26.5 Å². The number of amides is 1. The SMILES string of the molecule is O=C(NN=Cc1ccccc1OCc1cccc(Br)c1)c1ccccc1O. The Morgan fingerprint density at radius 2 is 1.85 bits per heavy atom. The normalized spacial score (nSPS) is 10.7. The van der Waals surface area contributed by atoms with E-state index in [0.717, 1.165) is 15.6 Å². The topological polar surface area (TPSA) is 70.9 Å². The molecule has 0 aromatic heterocycles. The number of hydrogen-bond donors (Lipinski definition) is 2. The number of phenols is 1. The van der Waals surface area contributed by atoms with Gasteiger partial charge in [0.1, 0.15) is 18.1 Å². The number of phenolic OH excluding ortho intramolecular Hbond substituents is 1. The van der Waals surface area contributed by atoms with Crippen molar-refractivity contribution in [2.45, 2.75) is 6.61 Å². The van der Waals surface area contributed by atoms with Gasteiger partial charge in [-0.05, 0) is 42.0 Å². The molecular weight excluding hydrogens is 408 g/mol. The summed E-state index contributed by atoms with van der Waals surface area (Å²) in [5.41, 5.74) is 4.32. The molecule has 27 heavy (non-hydrogen) atoms. The largest absolute Gasteiger partial charge is 0.507 e. The highest BCUT2D eigenvalue weighted by molar-refractivity contribution is 9.10. The molecule has 0 unspecified atom stereocenters. The minimum Gasteiger partial charge on any atom is -0.507 e. The van der Waals surface area contributed by atoms with E-state index in [0.29, 0.717) is 12.4 Å². The van der Waals surface area contributed by atoms with Crippen LogP contribution in [0, 0.1) is 0 Å². The fraction of sp³-hybridized carbons (Fsp3) is 0.0476. The van der Waals surface area contributed by atoms with Crippen LogP contribution in [0.1, 0.15) is 21.5 Å². The van der Waals surface area contributed by atoms with Crippen molar-refractivity contribution >= 4 is 28.1 Å². The molecule has 3 aromatic carbocycles. The number of halogens is 1. The molecule has 0 fully saturated rings. The fourth-order valence-corrected chi connectivity index (χ4v) is 2.84. The average molecular weight is 425 g/mol. The van der Waals surface area contributed by atoms with Gasteiger partial charge in [-0.3, -0.25) is 4.79 Å². The smallest absolute Gasteiger partial charge is 0.275 e. The number of nitrogens with zero attached hydrogens (tertiary/aromatic N) is 1. The predicted octanol–water partition coefficient (Wildman–Crippen LogP) is 4.50. The Bertz CT molecular complexity index is 973. The van der Waals surface area contributed by atoms with Gasteiger partial charge in [0.2, 0.25) is 0 Å². The highest BCUT2D eigenvalue weighted by atomic mass is 79.9. The second-order valence-corrected chi connectivity index (χ2v) is 6.59. The second kappa shape index (κ2) is 9.00. The minimum absolute atomic E-state index is 0.0945. The lowest BCUT2D eigenvalue weighted by molar-refractivity contribution is 0.0952. The molecule has 5 nitrogen and oxygen atoms in total. The Kier molecular flexibility index (Phi) is 6.22. The van der Waals surface area contributed by atoms with E-state index in [-0.39, 0.29) is 11.3 Å². The number of aromatic hydroxyl groups is 1. The van der Waals surface area contributed by atoms with Crippen molar-refractivity contribution in [2.24, 2.45) is 5.10 Å². The zero-order valence-corrected chi connectivity index (χ0v) is 15.9. The molecule has 0 bridgehead atoms. The maximum atomic E-state index is 12.1. The van der Waals surface area contributed by atoms with Crippen LogP contribution in [0.25, 0.3) is 0 Å². The Labute approximate surface area is 165 Å². The van der Waals surface area contributed by atoms with Crippen molar-refractivity contribution in [1.82, 2.24) is 5.43 Å². The van der Waals surface area contributed by atoms with Crippen molar-refractivity contribution < 1.29 is 14.6 Å². The molecule has 2 N–H and O–H groups in total. The number of ether oxygens (including phenoxy) is 1. The van der Waals surface area contributed by atoms with Crippen LogP contribution in [0.4, 0.5) is 0 Å². The van der Waals surface area contributed by atoms with Gasteiger partial charge in [-0.1, -0.05) is 52.3 Å². The third-order valence-electron chi connectivity index (χ3n) is 3.72. The number of carbonyl (C=O) groups is 1. The highest BCUT2D eigenvalue weighted by Crippen LogP contribution is 2.19. The first kappa shape index (κ1) is 18.7. The summed E-state index contributed by atoms with van der Waals surface area (Å²) in [6.45, 7) is 0.411. The van der Waals surface area contributed by atoms with Crippen LogP contribution in [0.15, 0.2) is 82.4 Å². The van der Waals surface area contributed by atoms with Gasteiger partial charge in [-0.2, -0.15) is 5.10 Å². The van der Waals surface area contributed by atoms with Gasteiger partial charge in [0.15, 0.2) is 0 Å². The zero-order valence-electron chi connectivity index (χ0n) is 14.3. The highest BCUT2D eigenvalue weighted by Gasteiger charge is 2.09. The van der Waals surface area contributed by atoms with E-state index in [9.17, 15) is 9.90 Å². The molecule has 136 valence electrons. The summed E-state index contributed by atoms with van der Waals surface area (Å²) in [6.07, 6.45) is 1.51. The van der Waals surface area contributed by atoms with Crippen molar-refractivity contribution in [3.63, 3.8) is 0 Å². The van der Waals surface area contributed by atoms with Crippen LogP contribution < -0.4 is 10.2 Å². The number of hydrazone groups is 1. The van der Waals surface area contributed by atoms with Crippen molar-refractivity contribution in [2.75, 3.05) is 0 Å². The average Bonchev–Trinajstić information content (AvgIpc) is 2.67. The first-order chi connectivity index (χ1) is 13.1. The molecule has 0 aliphatic carbocycles. The number of carbonyl (C=O) groups excluding carboxylic acids is 1. The van der Waals surface area contributed by atoms with Gasteiger partial charge < -0.3 is 9.84 Å². The van der Waals surface area contributed by atoms with Crippen molar-refractivity contribution in [1.29, 1.82) is 0 Å². The summed E-state index contributed by atoms with van der Waals surface area (Å²) in [4.78, 5) is 12.1. The number of hydrogen-bond acceptors (Lipinski definition) is 4. The lowest BCUT2D eigenvalue weighted by atomic mass is 10.2. The van der Waals surface area contributed by atoms with Gasteiger partial charge >= 0.3 is 0 Å². The van der Waals surface area contributed by atoms with Crippen LogP contribution in [-0.2, 0) is 6.61 Å². The van der Waals surface area contributed by atoms with Crippen LogP contribution in [-0.4, -0.2) is 17.2 Å². The Balaban J connectivity index is 1.66. The summed E-state index contributed by atoms with van der Waals surface area (Å²) < 4.78 is 6.87. The van der Waals surface area contributed by atoms with Gasteiger partial charge in [-0.25, -0.2) is 5.43 Å². The molecule has 0 saturated heterocycles. The van der Waals surface area contributed by atoms with Crippen LogP contribution in [0.3, 0.4) is 0 Å². The van der Waals surface area contributed by atoms with E-state index in [1.165, 1.54) is 18.3 Å². The monoisotopic (exact) mass is 424 g/mol. The van der Waals surface area contributed by atoms with Crippen molar-refractivity contribution in [3.8, 4) is 11.5 Å². The van der Waals surface area contributed by atoms with E-state index in [1.54, 1.807) is 12.1 Å². The summed E-state index contributed by atoms with van der Waals surface area (Å²) in [7, 11) is 0. The fourth-order valence-electron chi connectivity index (χ4n) is 2.39. The number of nitrogens with one attached hydrogen (secondary N) is 1. The number of benzene rings is 3. The molecule has 6 heteroatoms. The molecule has 0 atom stereocenters. The first-order valence-corrected chi connectivity index (χ1v) is 9.00. The molecule has 3 rings (SSSR count). The number of para-hydroxylation sites is 2. The van der Waals surface area contributed by atoms with Gasteiger partial charge in [0, 0.05) is 10.0 Å². The third kappa shape index (κ3) is 5.18. The van der Waals surface area contributed by atoms with Gasteiger partial charge in [0.25, 0.3) is 5.91 Å². The molecule has 3 aromatic rings. The van der Waals surface area contributed by atoms with E-state index >= 15 is 0 Å². The maximum absolute atomic E-state index is 12.1. The quantitative estimate of drug-likeness (QED) is 0.452. The third-order valence-corrected chi connectivity index (χ3v) is 4.21. The van der Waals surface area contributed by atoms with Gasteiger partial charge in [0.05, 0.1) is 11.8 Å². The summed E-state index contributed by atoms with van der Waals surface area (Å²) in [5.74, 6) is 0.0675. The van der Waals surface area contributed by atoms with E-state index in [4.69, 9.17) is 4.74 Å². The molecule has 0 aliphatic rings. The minimum atomic E-state index is -0.489. The standard InChI is InChI=1S/C21H17BrN2O3/c22-17-8-5-6-15(12-17)14-27-20-11-4-1-7-16(20)13-23-24-21(26)18-9-2-3-10-19(18)25/h1-13,25H,14H2,(H,24,26). The molecule has 0 saturated carbocycles. The first-order valence-electron chi connectivity index (χ1n) is 8.21. The molecular formula is C21H17BrN2O3. The molecule has 1 amide bonds. The van der Waals surface area contributed by atoms with E-state index in [1.807, 2.05) is 48.5 Å². The van der Waals surface area contributed by atoms with Gasteiger partial charge in [-0.15, -0.1) is 0 Å². The molecule has 0 aliphatic heterocycles. The Morgan fingerprint density at radius 3 is 2.67 bits per heavy atom. The predicted molar refractivity (Wildman–Crippen MR) is 108 cm³/mol. The number of rotatable bonds is 6. The summed E-state index contributed by atoms with van der Waals surface area (Å²) in [5, 5.41) is 13.7. The van der Waals surface area contributed by atoms with E-state index < -0.39 is 5.91 Å². The molecule has 0 radical (unpaired) electrons. The Hall–Kier alpha value is -3.12. The van der Waals surface area contributed by atoms with Crippen molar-refractivity contribution in [3.05, 3.63) is 94.0 Å². The summed E-state index contributed by atoms with van der Waals surface area (Å²) in [6, 6.07) is 21.6. The maximum Gasteiger partial charge on any atom is 0.275 e. The Morgan fingerprint density at radius 1 is 1.07 bits per heavy atom. The second-order valence-electron chi connectivity index (χ2n) is 5.67. The van der Waals surface area contributed by atoms with Crippen LogP contribution in [0.5, 0.6) is 11.5 Å². The van der Waals surface area contributed by atoms with Crippen LogP contribution >= 0.6 is 15.9 Å². The lowest BCUT2D eigenvalue weighted by Gasteiger charge is -2.09. The molecule has 0 spiro atoms. The molecule has 0 heterocycles. The lowest BCUT2D eigenvalue weighted by Crippen LogP contribution is -2.17. The zero-order chi connectivity index (χ0) is 19.1.